The number of carbonyl (C=O) groups excluding carboxylic acids is 1. The maximum atomic E-state index is 13.4. The fraction of sp³-hybridized carbons (Fsp3) is 0.273. The van der Waals surface area contributed by atoms with E-state index in [9.17, 15) is 14.9 Å². The smallest absolute Gasteiger partial charge is 0.272 e. The van der Waals surface area contributed by atoms with Gasteiger partial charge in [0.05, 0.1) is 16.3 Å². The van der Waals surface area contributed by atoms with Crippen molar-refractivity contribution in [2.75, 3.05) is 32.7 Å². The van der Waals surface area contributed by atoms with Crippen LogP contribution in [0.4, 0.5) is 5.69 Å². The van der Waals surface area contributed by atoms with Crippen molar-refractivity contribution in [1.82, 2.24) is 19.6 Å². The van der Waals surface area contributed by atoms with Crippen molar-refractivity contribution in [3.63, 3.8) is 0 Å². The third-order valence-electron chi connectivity index (χ3n) is 5.46. The summed E-state index contributed by atoms with van der Waals surface area (Å²) >= 11 is 6.17. The normalized spacial score (nSPS) is 14.6. The second kappa shape index (κ2) is 8.87. The zero-order valence-corrected chi connectivity index (χ0v) is 17.8. The predicted molar refractivity (Wildman–Crippen MR) is 119 cm³/mol. The van der Waals surface area contributed by atoms with E-state index in [1.165, 1.54) is 12.1 Å². The summed E-state index contributed by atoms with van der Waals surface area (Å²) in [6, 6.07) is 15.0. The van der Waals surface area contributed by atoms with Gasteiger partial charge in [0, 0.05) is 48.9 Å². The van der Waals surface area contributed by atoms with Crippen molar-refractivity contribution in [2.24, 2.45) is 0 Å². The quantitative estimate of drug-likeness (QED) is 0.445. The fourth-order valence-electron chi connectivity index (χ4n) is 3.66. The number of aromatic nitrogens is 2. The standard InChI is InChI=1S/C22H22ClN5O3/c1-2-25-10-12-26(13-11-25)22(29)21-15-20(16-6-8-18(9-7-16)28(30)31)24-27(21)19-5-3-4-17(23)14-19/h3-9,14-15H,2,10-13H2,1H3. The molecule has 1 fully saturated rings. The molecule has 160 valence electrons. The van der Waals surface area contributed by atoms with Gasteiger partial charge < -0.3 is 9.80 Å². The van der Waals surface area contributed by atoms with E-state index in [-0.39, 0.29) is 11.6 Å². The van der Waals surface area contributed by atoms with Crippen LogP contribution in [-0.4, -0.2) is 63.1 Å². The number of nitro benzene ring substituents is 1. The minimum absolute atomic E-state index is 0.00289. The third-order valence-corrected chi connectivity index (χ3v) is 5.70. The molecular formula is C22H22ClN5O3. The van der Waals surface area contributed by atoms with Crippen LogP contribution in [0.1, 0.15) is 17.4 Å². The summed E-state index contributed by atoms with van der Waals surface area (Å²) < 4.78 is 1.59. The molecule has 1 aliphatic heterocycles. The topological polar surface area (TPSA) is 84.5 Å². The minimum atomic E-state index is -0.445. The summed E-state index contributed by atoms with van der Waals surface area (Å²) in [4.78, 5) is 28.0. The minimum Gasteiger partial charge on any atom is -0.335 e. The Morgan fingerprint density at radius 1 is 1.10 bits per heavy atom. The van der Waals surface area contributed by atoms with E-state index in [4.69, 9.17) is 11.6 Å². The molecule has 31 heavy (non-hydrogen) atoms. The largest absolute Gasteiger partial charge is 0.335 e. The Kier molecular flexibility index (Phi) is 6.01. The van der Waals surface area contributed by atoms with Crippen molar-refractivity contribution in [3.05, 3.63) is 75.4 Å². The molecule has 0 saturated carbocycles. The highest BCUT2D eigenvalue weighted by Gasteiger charge is 2.26. The van der Waals surface area contributed by atoms with Gasteiger partial charge in [-0.1, -0.05) is 24.6 Å². The molecule has 0 radical (unpaired) electrons. The van der Waals surface area contributed by atoms with Gasteiger partial charge in [0.2, 0.25) is 0 Å². The lowest BCUT2D eigenvalue weighted by Crippen LogP contribution is -2.48. The second-order valence-corrected chi connectivity index (χ2v) is 7.77. The predicted octanol–water partition coefficient (Wildman–Crippen LogP) is 3.88. The van der Waals surface area contributed by atoms with E-state index in [2.05, 4.69) is 16.9 Å². The molecule has 2 heterocycles. The Hall–Kier alpha value is -3.23. The van der Waals surface area contributed by atoms with Crippen LogP contribution in [0.15, 0.2) is 54.6 Å². The van der Waals surface area contributed by atoms with Crippen LogP contribution in [0.5, 0.6) is 0 Å². The zero-order valence-electron chi connectivity index (χ0n) is 17.1. The van der Waals surface area contributed by atoms with E-state index in [1.54, 1.807) is 41.1 Å². The van der Waals surface area contributed by atoms with Crippen LogP contribution in [0, 0.1) is 10.1 Å². The van der Waals surface area contributed by atoms with Crippen molar-refractivity contribution < 1.29 is 9.72 Å². The molecule has 4 rings (SSSR count). The second-order valence-electron chi connectivity index (χ2n) is 7.34. The van der Waals surface area contributed by atoms with Crippen LogP contribution < -0.4 is 0 Å². The maximum Gasteiger partial charge on any atom is 0.272 e. The number of hydrogen-bond acceptors (Lipinski definition) is 5. The fourth-order valence-corrected chi connectivity index (χ4v) is 3.85. The van der Waals surface area contributed by atoms with Crippen molar-refractivity contribution >= 4 is 23.2 Å². The number of non-ortho nitro benzene ring substituents is 1. The van der Waals surface area contributed by atoms with E-state index < -0.39 is 4.92 Å². The highest BCUT2D eigenvalue weighted by molar-refractivity contribution is 6.30. The summed E-state index contributed by atoms with van der Waals surface area (Å²) in [6.45, 7) is 6.06. The van der Waals surface area contributed by atoms with Crippen molar-refractivity contribution in [1.29, 1.82) is 0 Å². The molecule has 9 heteroatoms. The highest BCUT2D eigenvalue weighted by Crippen LogP contribution is 2.26. The lowest BCUT2D eigenvalue weighted by Gasteiger charge is -2.34. The zero-order chi connectivity index (χ0) is 22.0. The first-order valence-corrected chi connectivity index (χ1v) is 10.5. The average Bonchev–Trinajstić information content (AvgIpc) is 3.24. The molecule has 8 nitrogen and oxygen atoms in total. The summed E-state index contributed by atoms with van der Waals surface area (Å²) in [6.07, 6.45) is 0. The summed E-state index contributed by atoms with van der Waals surface area (Å²) in [5.41, 5.74) is 2.36. The third kappa shape index (κ3) is 4.45. The first-order valence-electron chi connectivity index (χ1n) is 10.1. The lowest BCUT2D eigenvalue weighted by molar-refractivity contribution is -0.384. The van der Waals surface area contributed by atoms with Crippen LogP contribution in [0.2, 0.25) is 5.02 Å². The monoisotopic (exact) mass is 439 g/mol. The van der Waals surface area contributed by atoms with Gasteiger partial charge in [-0.3, -0.25) is 14.9 Å². The molecule has 3 aromatic rings. The highest BCUT2D eigenvalue weighted by atomic mass is 35.5. The average molecular weight is 440 g/mol. The number of likely N-dealkylation sites (N-methyl/N-ethyl adjacent to an activating group) is 1. The Balaban J connectivity index is 1.72. The molecule has 0 atom stereocenters. The van der Waals surface area contributed by atoms with E-state index >= 15 is 0 Å². The van der Waals surface area contributed by atoms with Gasteiger partial charge >= 0.3 is 0 Å². The Labute approximate surface area is 184 Å². The van der Waals surface area contributed by atoms with Gasteiger partial charge in [0.15, 0.2) is 0 Å². The van der Waals surface area contributed by atoms with Crippen LogP contribution in [0.3, 0.4) is 0 Å². The number of amides is 1. The number of halogens is 1. The van der Waals surface area contributed by atoms with Crippen LogP contribution >= 0.6 is 11.6 Å². The van der Waals surface area contributed by atoms with Gasteiger partial charge in [0.1, 0.15) is 5.69 Å². The first-order chi connectivity index (χ1) is 15.0. The van der Waals surface area contributed by atoms with Gasteiger partial charge in [-0.15, -0.1) is 0 Å². The molecule has 1 aliphatic rings. The van der Waals surface area contributed by atoms with Crippen LogP contribution in [-0.2, 0) is 0 Å². The Morgan fingerprint density at radius 3 is 2.42 bits per heavy atom. The number of benzene rings is 2. The maximum absolute atomic E-state index is 13.4. The van der Waals surface area contributed by atoms with Crippen molar-refractivity contribution in [2.45, 2.75) is 6.92 Å². The number of rotatable bonds is 5. The van der Waals surface area contributed by atoms with E-state index in [0.29, 0.717) is 40.8 Å². The van der Waals surface area contributed by atoms with E-state index in [1.807, 2.05) is 11.0 Å². The summed E-state index contributed by atoms with van der Waals surface area (Å²) in [5, 5.41) is 16.1. The molecule has 2 aromatic carbocycles. The van der Waals surface area contributed by atoms with Crippen LogP contribution in [0.25, 0.3) is 16.9 Å². The SMILES string of the molecule is CCN1CCN(C(=O)c2cc(-c3ccc([N+](=O)[O-])cc3)nn2-c2cccc(Cl)c2)CC1. The number of nitrogens with zero attached hydrogens (tertiary/aromatic N) is 5. The number of nitro groups is 1. The van der Waals surface area contributed by atoms with Gasteiger partial charge in [-0.05, 0) is 42.9 Å². The molecular weight excluding hydrogens is 418 g/mol. The van der Waals surface area contributed by atoms with Gasteiger partial charge in [0.25, 0.3) is 11.6 Å². The van der Waals surface area contributed by atoms with Crippen molar-refractivity contribution in [3.8, 4) is 16.9 Å². The molecule has 0 N–H and O–H groups in total. The number of carbonyl (C=O) groups is 1. The summed E-state index contributed by atoms with van der Waals surface area (Å²) in [7, 11) is 0. The molecule has 0 aliphatic carbocycles. The Bertz CT molecular complexity index is 1100. The molecule has 0 bridgehead atoms. The summed E-state index contributed by atoms with van der Waals surface area (Å²) in [5.74, 6) is -0.101. The van der Waals surface area contributed by atoms with E-state index in [0.717, 1.165) is 19.6 Å². The van der Waals surface area contributed by atoms with Gasteiger partial charge in [-0.2, -0.15) is 5.10 Å². The molecule has 1 amide bonds. The molecule has 1 saturated heterocycles. The lowest BCUT2D eigenvalue weighted by atomic mass is 10.1. The Morgan fingerprint density at radius 2 is 1.81 bits per heavy atom. The molecule has 0 unspecified atom stereocenters. The first kappa shape index (κ1) is 21.0. The molecule has 1 aromatic heterocycles. The molecule has 0 spiro atoms. The number of piperazine rings is 1. The van der Waals surface area contributed by atoms with Gasteiger partial charge in [-0.25, -0.2) is 4.68 Å². The number of hydrogen-bond donors (Lipinski definition) is 0.